The number of rotatable bonds is 7. The van der Waals surface area contributed by atoms with E-state index in [-0.39, 0.29) is 6.54 Å². The maximum absolute atomic E-state index is 12.4. The number of carbonyl (C=O) groups excluding carboxylic acids is 4. The maximum Gasteiger partial charge on any atom is 0.334 e. The second kappa shape index (κ2) is 8.20. The molecular formula is C19H23N3O5. The largest absolute Gasteiger partial charge is 0.467 e. The van der Waals surface area contributed by atoms with Crippen LogP contribution in [0.25, 0.3) is 0 Å². The Balaban J connectivity index is 1.56. The first-order valence-electron chi connectivity index (χ1n) is 9.15. The highest BCUT2D eigenvalue weighted by atomic mass is 16.3. The van der Waals surface area contributed by atoms with E-state index in [2.05, 4.69) is 11.4 Å². The van der Waals surface area contributed by atoms with Crippen molar-refractivity contribution in [3.63, 3.8) is 0 Å². The smallest absolute Gasteiger partial charge is 0.334 e. The third-order valence-corrected chi connectivity index (χ3v) is 4.83. The molecule has 1 aliphatic heterocycles. The van der Waals surface area contributed by atoms with Crippen molar-refractivity contribution in [2.45, 2.75) is 45.1 Å². The fourth-order valence-electron chi connectivity index (χ4n) is 3.31. The zero-order chi connectivity index (χ0) is 19.4. The quantitative estimate of drug-likeness (QED) is 0.448. The van der Waals surface area contributed by atoms with E-state index in [4.69, 9.17) is 4.42 Å². The Bertz CT molecular complexity index is 768. The Morgan fingerprint density at radius 3 is 2.67 bits per heavy atom. The van der Waals surface area contributed by atoms with Crippen molar-refractivity contribution in [2.75, 3.05) is 13.1 Å². The van der Waals surface area contributed by atoms with Gasteiger partial charge in [0.1, 0.15) is 12.3 Å². The summed E-state index contributed by atoms with van der Waals surface area (Å²) in [5.74, 6) is -1.81. The van der Waals surface area contributed by atoms with Gasteiger partial charge in [0.05, 0.1) is 12.3 Å². The molecule has 3 rings (SSSR count). The van der Waals surface area contributed by atoms with E-state index in [1.165, 1.54) is 11.8 Å². The van der Waals surface area contributed by atoms with Crippen LogP contribution in [0.4, 0.5) is 4.79 Å². The molecule has 0 radical (unpaired) electrons. The number of urea groups is 1. The van der Waals surface area contributed by atoms with Gasteiger partial charge in [-0.25, -0.2) is 9.69 Å². The molecule has 1 aromatic rings. The number of hydrogen-bond donors (Lipinski definition) is 1. The van der Waals surface area contributed by atoms with Crippen LogP contribution in [0.3, 0.4) is 0 Å². The minimum absolute atomic E-state index is 0.163. The van der Waals surface area contributed by atoms with Crippen LogP contribution < -0.4 is 5.32 Å². The highest BCUT2D eigenvalue weighted by molar-refractivity contribution is 6.45. The number of imide groups is 2. The second-order valence-electron chi connectivity index (χ2n) is 6.79. The molecule has 0 saturated carbocycles. The summed E-state index contributed by atoms with van der Waals surface area (Å²) < 4.78 is 5.20. The lowest BCUT2D eigenvalue weighted by atomic mass is 9.97. The Morgan fingerprint density at radius 2 is 2.00 bits per heavy atom. The van der Waals surface area contributed by atoms with Gasteiger partial charge in [0.15, 0.2) is 0 Å². The third kappa shape index (κ3) is 4.27. The van der Waals surface area contributed by atoms with E-state index in [9.17, 15) is 19.2 Å². The van der Waals surface area contributed by atoms with Crippen molar-refractivity contribution >= 4 is 23.8 Å². The number of carbonyl (C=O) groups is 4. The van der Waals surface area contributed by atoms with Crippen molar-refractivity contribution in [3.8, 4) is 0 Å². The summed E-state index contributed by atoms with van der Waals surface area (Å²) >= 11 is 0. The van der Waals surface area contributed by atoms with Crippen molar-refractivity contribution < 1.29 is 23.6 Å². The number of nitrogens with zero attached hydrogens (tertiary/aromatic N) is 2. The Hall–Kier alpha value is -2.90. The van der Waals surface area contributed by atoms with Crippen LogP contribution in [-0.2, 0) is 14.4 Å². The van der Waals surface area contributed by atoms with Crippen LogP contribution in [0.2, 0.25) is 0 Å². The van der Waals surface area contributed by atoms with E-state index in [1.807, 2.05) is 0 Å². The molecule has 8 heteroatoms. The fraction of sp³-hybridized carbons (Fsp3) is 0.474. The minimum Gasteiger partial charge on any atom is -0.467 e. The number of hydrogen-bond acceptors (Lipinski definition) is 5. The van der Waals surface area contributed by atoms with E-state index in [0.717, 1.165) is 30.6 Å². The predicted octanol–water partition coefficient (Wildman–Crippen LogP) is 2.14. The number of nitrogens with one attached hydrogen (secondary N) is 1. The number of furan rings is 1. The van der Waals surface area contributed by atoms with Gasteiger partial charge in [0.25, 0.3) is 0 Å². The monoisotopic (exact) mass is 373 g/mol. The van der Waals surface area contributed by atoms with Crippen molar-refractivity contribution in [1.29, 1.82) is 0 Å². The molecule has 0 unspecified atom stereocenters. The van der Waals surface area contributed by atoms with Crippen LogP contribution in [0, 0.1) is 0 Å². The molecule has 144 valence electrons. The molecule has 27 heavy (non-hydrogen) atoms. The molecule has 5 amide bonds. The molecule has 1 N–H and O–H groups in total. The zero-order valence-corrected chi connectivity index (χ0v) is 15.3. The maximum atomic E-state index is 12.4. The molecule has 0 aromatic carbocycles. The molecule has 8 nitrogen and oxygen atoms in total. The van der Waals surface area contributed by atoms with Gasteiger partial charge in [0.2, 0.25) is 5.91 Å². The van der Waals surface area contributed by atoms with Gasteiger partial charge < -0.3 is 9.73 Å². The van der Waals surface area contributed by atoms with Gasteiger partial charge in [-0.15, -0.1) is 0 Å². The predicted molar refractivity (Wildman–Crippen MR) is 95.3 cm³/mol. The van der Waals surface area contributed by atoms with Crippen LogP contribution in [0.15, 0.2) is 34.5 Å². The van der Waals surface area contributed by atoms with Gasteiger partial charge in [-0.1, -0.05) is 11.6 Å². The van der Waals surface area contributed by atoms with E-state index < -0.39 is 36.3 Å². The normalized spacial score (nSPS) is 18.7. The number of amides is 5. The van der Waals surface area contributed by atoms with Gasteiger partial charge in [-0.3, -0.25) is 19.3 Å². The molecule has 1 aromatic heterocycles. The first kappa shape index (κ1) is 18.9. The Morgan fingerprint density at radius 1 is 1.22 bits per heavy atom. The summed E-state index contributed by atoms with van der Waals surface area (Å²) in [7, 11) is 0. The zero-order valence-electron chi connectivity index (χ0n) is 15.3. The lowest BCUT2D eigenvalue weighted by Gasteiger charge is -2.18. The molecule has 2 aliphatic rings. The highest BCUT2D eigenvalue weighted by Gasteiger charge is 2.45. The standard InChI is InChI=1S/C19H23N3O5/c1-13(15-8-5-11-27-15)20-16(23)12-22-18(25)17(24)21(19(22)26)10-9-14-6-3-2-4-7-14/h5-6,8,11,13H,2-4,7,9-10,12H2,1H3,(H,20,23)/t13-/m0/s1. The molecule has 0 bridgehead atoms. The van der Waals surface area contributed by atoms with E-state index in [1.54, 1.807) is 19.1 Å². The summed E-state index contributed by atoms with van der Waals surface area (Å²) in [5.41, 5.74) is 1.21. The molecule has 1 aliphatic carbocycles. The van der Waals surface area contributed by atoms with Gasteiger partial charge in [-0.05, 0) is 51.2 Å². The SMILES string of the molecule is C[C@H](NC(=O)CN1C(=O)C(=O)N(CCC2=CCCCC2)C1=O)c1ccco1. The molecule has 2 heterocycles. The lowest BCUT2D eigenvalue weighted by Crippen LogP contribution is -2.42. The highest BCUT2D eigenvalue weighted by Crippen LogP contribution is 2.22. The minimum atomic E-state index is -0.960. The van der Waals surface area contributed by atoms with Crippen molar-refractivity contribution in [3.05, 3.63) is 35.8 Å². The van der Waals surface area contributed by atoms with Gasteiger partial charge >= 0.3 is 17.8 Å². The fourth-order valence-corrected chi connectivity index (χ4v) is 3.31. The summed E-state index contributed by atoms with van der Waals surface area (Å²) in [6.45, 7) is 1.39. The number of allylic oxidation sites excluding steroid dienone is 1. The summed E-state index contributed by atoms with van der Waals surface area (Å²) in [6.07, 6.45) is 8.43. The summed E-state index contributed by atoms with van der Waals surface area (Å²) in [5, 5.41) is 2.65. The molecular weight excluding hydrogens is 350 g/mol. The lowest BCUT2D eigenvalue weighted by molar-refractivity contribution is -0.144. The summed E-state index contributed by atoms with van der Waals surface area (Å²) in [6, 6.07) is 2.26. The molecule has 1 saturated heterocycles. The van der Waals surface area contributed by atoms with Crippen LogP contribution in [0.1, 0.15) is 50.8 Å². The topological polar surface area (TPSA) is 99.9 Å². The van der Waals surface area contributed by atoms with Gasteiger partial charge in [0, 0.05) is 6.54 Å². The molecule has 0 spiro atoms. The Labute approximate surface area is 157 Å². The van der Waals surface area contributed by atoms with Gasteiger partial charge in [-0.2, -0.15) is 0 Å². The average molecular weight is 373 g/mol. The van der Waals surface area contributed by atoms with E-state index >= 15 is 0 Å². The van der Waals surface area contributed by atoms with Crippen molar-refractivity contribution in [2.24, 2.45) is 0 Å². The first-order chi connectivity index (χ1) is 13.0. The van der Waals surface area contributed by atoms with Crippen LogP contribution in [-0.4, -0.2) is 46.6 Å². The average Bonchev–Trinajstić information content (AvgIpc) is 3.26. The molecule has 1 fully saturated rings. The van der Waals surface area contributed by atoms with E-state index in [0.29, 0.717) is 17.1 Å². The summed E-state index contributed by atoms with van der Waals surface area (Å²) in [4.78, 5) is 50.5. The first-order valence-corrected chi connectivity index (χ1v) is 9.15. The molecule has 1 atom stereocenters. The van der Waals surface area contributed by atoms with Crippen LogP contribution >= 0.6 is 0 Å². The second-order valence-corrected chi connectivity index (χ2v) is 6.79. The van der Waals surface area contributed by atoms with Crippen LogP contribution in [0.5, 0.6) is 0 Å². The third-order valence-electron chi connectivity index (χ3n) is 4.83. The van der Waals surface area contributed by atoms with Crippen molar-refractivity contribution in [1.82, 2.24) is 15.1 Å². The Kier molecular flexibility index (Phi) is 5.73.